The summed E-state index contributed by atoms with van der Waals surface area (Å²) in [5.41, 5.74) is 2.67. The standard InChI is InChI=1S/C22H20N2O5/c1-28-14-9-7-13(8-10-14)24-12-17(22(26)27)20-21(24)16(11-19(25)23-20)15-5-3-4-6-18(15)29-2/h3-10,12,16H,11H2,1-2H3,(H,23,25)(H,26,27)/t16-/m0/s1. The van der Waals surface area contributed by atoms with E-state index in [4.69, 9.17) is 9.47 Å². The zero-order chi connectivity index (χ0) is 20.5. The number of carboxylic acid groups (broad SMARTS) is 1. The number of anilines is 1. The lowest BCUT2D eigenvalue weighted by atomic mass is 9.87. The van der Waals surface area contributed by atoms with E-state index in [-0.39, 0.29) is 23.8 Å². The number of para-hydroxylation sites is 1. The first kappa shape index (κ1) is 18.6. The topological polar surface area (TPSA) is 89.8 Å². The van der Waals surface area contributed by atoms with Gasteiger partial charge < -0.3 is 24.5 Å². The maximum Gasteiger partial charge on any atom is 0.339 e. The van der Waals surface area contributed by atoms with E-state index in [2.05, 4.69) is 5.32 Å². The van der Waals surface area contributed by atoms with Crippen LogP contribution >= 0.6 is 0 Å². The van der Waals surface area contributed by atoms with Crippen molar-refractivity contribution in [2.75, 3.05) is 19.5 Å². The third-order valence-corrected chi connectivity index (χ3v) is 5.12. The van der Waals surface area contributed by atoms with Crippen molar-refractivity contribution in [3.05, 3.63) is 71.5 Å². The van der Waals surface area contributed by atoms with Crippen LogP contribution in [0.1, 0.15) is 34.0 Å². The van der Waals surface area contributed by atoms with Crippen molar-refractivity contribution in [1.82, 2.24) is 4.57 Å². The van der Waals surface area contributed by atoms with Crippen LogP contribution in [0, 0.1) is 0 Å². The highest BCUT2D eigenvalue weighted by Crippen LogP contribution is 2.44. The van der Waals surface area contributed by atoms with Gasteiger partial charge in [0.1, 0.15) is 17.1 Å². The molecule has 0 saturated carbocycles. The van der Waals surface area contributed by atoms with Crippen molar-refractivity contribution < 1.29 is 24.2 Å². The highest BCUT2D eigenvalue weighted by atomic mass is 16.5. The molecule has 2 heterocycles. The molecule has 7 nitrogen and oxygen atoms in total. The molecule has 29 heavy (non-hydrogen) atoms. The van der Waals surface area contributed by atoms with Crippen molar-refractivity contribution in [3.63, 3.8) is 0 Å². The predicted molar refractivity (Wildman–Crippen MR) is 107 cm³/mol. The number of carbonyl (C=O) groups is 2. The maximum absolute atomic E-state index is 12.4. The molecular formula is C22H20N2O5. The Hall–Kier alpha value is -3.74. The number of aromatic nitrogens is 1. The lowest BCUT2D eigenvalue weighted by Crippen LogP contribution is -2.25. The van der Waals surface area contributed by atoms with Gasteiger partial charge in [-0.3, -0.25) is 4.79 Å². The fourth-order valence-corrected chi connectivity index (χ4v) is 3.80. The Morgan fingerprint density at radius 2 is 1.83 bits per heavy atom. The second kappa shape index (κ2) is 7.35. The summed E-state index contributed by atoms with van der Waals surface area (Å²) in [6.07, 6.45) is 1.73. The number of nitrogens with one attached hydrogen (secondary N) is 1. The average molecular weight is 392 g/mol. The van der Waals surface area contributed by atoms with Crippen LogP contribution in [0.5, 0.6) is 11.5 Å². The van der Waals surface area contributed by atoms with Crippen molar-refractivity contribution in [2.45, 2.75) is 12.3 Å². The molecule has 0 bridgehead atoms. The summed E-state index contributed by atoms with van der Waals surface area (Å²) in [6, 6.07) is 14.8. The molecule has 0 radical (unpaired) electrons. The SMILES string of the molecule is COc1ccc(-n2cc(C(=O)O)c3c2[C@H](c2ccccc2OC)CC(=O)N3)cc1. The van der Waals surface area contributed by atoms with Crippen LogP contribution in [0.25, 0.3) is 5.69 Å². The molecule has 1 atom stereocenters. The number of amides is 1. The molecule has 0 aliphatic carbocycles. The molecular weight excluding hydrogens is 372 g/mol. The van der Waals surface area contributed by atoms with E-state index in [0.29, 0.717) is 22.9 Å². The molecule has 1 aliphatic rings. The lowest BCUT2D eigenvalue weighted by molar-refractivity contribution is -0.116. The van der Waals surface area contributed by atoms with Crippen molar-refractivity contribution in [2.24, 2.45) is 0 Å². The van der Waals surface area contributed by atoms with Gasteiger partial charge in [-0.1, -0.05) is 18.2 Å². The molecule has 0 spiro atoms. The number of hydrogen-bond acceptors (Lipinski definition) is 4. The fraction of sp³-hybridized carbons (Fsp3) is 0.182. The van der Waals surface area contributed by atoms with Gasteiger partial charge in [-0.05, 0) is 30.3 Å². The van der Waals surface area contributed by atoms with E-state index in [9.17, 15) is 14.7 Å². The molecule has 0 unspecified atom stereocenters. The smallest absolute Gasteiger partial charge is 0.339 e. The number of benzene rings is 2. The summed E-state index contributed by atoms with van der Waals surface area (Å²) < 4.78 is 12.5. The lowest BCUT2D eigenvalue weighted by Gasteiger charge is -2.27. The van der Waals surface area contributed by atoms with Crippen LogP contribution in [-0.4, -0.2) is 35.8 Å². The number of rotatable bonds is 5. The van der Waals surface area contributed by atoms with Crippen LogP contribution < -0.4 is 14.8 Å². The maximum atomic E-state index is 12.4. The van der Waals surface area contributed by atoms with Gasteiger partial charge >= 0.3 is 5.97 Å². The Bertz CT molecular complexity index is 1090. The van der Waals surface area contributed by atoms with E-state index in [1.54, 1.807) is 20.4 Å². The third-order valence-electron chi connectivity index (χ3n) is 5.12. The van der Waals surface area contributed by atoms with Crippen LogP contribution in [-0.2, 0) is 4.79 Å². The Morgan fingerprint density at radius 3 is 2.48 bits per heavy atom. The minimum absolute atomic E-state index is 0.0452. The summed E-state index contributed by atoms with van der Waals surface area (Å²) >= 11 is 0. The second-order valence-corrected chi connectivity index (χ2v) is 6.72. The van der Waals surface area contributed by atoms with Gasteiger partial charge in [-0.25, -0.2) is 4.79 Å². The number of fused-ring (bicyclic) bond motifs is 1. The van der Waals surface area contributed by atoms with Crippen molar-refractivity contribution in [3.8, 4) is 17.2 Å². The second-order valence-electron chi connectivity index (χ2n) is 6.72. The number of carboxylic acids is 1. The summed E-state index contributed by atoms with van der Waals surface area (Å²) in [4.78, 5) is 24.3. The molecule has 1 amide bonds. The van der Waals surface area contributed by atoms with Crippen LogP contribution in [0.4, 0.5) is 5.69 Å². The summed E-state index contributed by atoms with van der Waals surface area (Å²) in [5, 5.41) is 12.5. The number of methoxy groups -OCH3 is 2. The van der Waals surface area contributed by atoms with Gasteiger partial charge in [0.15, 0.2) is 0 Å². The summed E-state index contributed by atoms with van der Waals surface area (Å²) in [7, 11) is 3.16. The van der Waals surface area contributed by atoms with E-state index in [1.165, 1.54) is 0 Å². The molecule has 1 aliphatic heterocycles. The molecule has 0 saturated heterocycles. The number of ether oxygens (including phenoxy) is 2. The third kappa shape index (κ3) is 3.20. The zero-order valence-corrected chi connectivity index (χ0v) is 16.0. The van der Waals surface area contributed by atoms with E-state index in [1.807, 2.05) is 53.1 Å². The fourth-order valence-electron chi connectivity index (χ4n) is 3.80. The highest BCUT2D eigenvalue weighted by molar-refractivity contribution is 6.04. The number of aromatic carboxylic acids is 1. The Morgan fingerprint density at radius 1 is 1.10 bits per heavy atom. The van der Waals surface area contributed by atoms with Gasteiger partial charge in [-0.2, -0.15) is 0 Å². The monoisotopic (exact) mass is 392 g/mol. The first-order valence-corrected chi connectivity index (χ1v) is 9.09. The summed E-state index contributed by atoms with van der Waals surface area (Å²) in [6.45, 7) is 0. The molecule has 2 aromatic carbocycles. The van der Waals surface area contributed by atoms with Gasteiger partial charge in [0.2, 0.25) is 5.91 Å². The van der Waals surface area contributed by atoms with Crippen molar-refractivity contribution >= 4 is 17.6 Å². The number of hydrogen-bond donors (Lipinski definition) is 2. The molecule has 3 aromatic rings. The van der Waals surface area contributed by atoms with Gasteiger partial charge in [0.25, 0.3) is 0 Å². The molecule has 4 rings (SSSR count). The zero-order valence-electron chi connectivity index (χ0n) is 16.0. The summed E-state index contributed by atoms with van der Waals surface area (Å²) in [5.74, 6) is -0.344. The Balaban J connectivity index is 1.96. The molecule has 148 valence electrons. The molecule has 1 aromatic heterocycles. The molecule has 0 fully saturated rings. The van der Waals surface area contributed by atoms with Gasteiger partial charge in [-0.15, -0.1) is 0 Å². The van der Waals surface area contributed by atoms with Crippen LogP contribution in [0.2, 0.25) is 0 Å². The molecule has 2 N–H and O–H groups in total. The normalized spacial score (nSPS) is 15.4. The van der Waals surface area contributed by atoms with E-state index >= 15 is 0 Å². The van der Waals surface area contributed by atoms with Crippen LogP contribution in [0.3, 0.4) is 0 Å². The largest absolute Gasteiger partial charge is 0.497 e. The minimum Gasteiger partial charge on any atom is -0.497 e. The number of nitrogens with zero attached hydrogens (tertiary/aromatic N) is 1. The first-order valence-electron chi connectivity index (χ1n) is 9.09. The van der Waals surface area contributed by atoms with E-state index in [0.717, 1.165) is 11.3 Å². The van der Waals surface area contributed by atoms with Crippen molar-refractivity contribution in [1.29, 1.82) is 0 Å². The Kier molecular flexibility index (Phi) is 4.72. The molecule has 7 heteroatoms. The van der Waals surface area contributed by atoms with Gasteiger partial charge in [0.05, 0.1) is 25.6 Å². The number of carbonyl (C=O) groups excluding carboxylic acids is 1. The minimum atomic E-state index is -1.10. The van der Waals surface area contributed by atoms with Gasteiger partial charge in [0, 0.05) is 29.8 Å². The average Bonchev–Trinajstić information content (AvgIpc) is 3.12. The first-order chi connectivity index (χ1) is 14.0. The predicted octanol–water partition coefficient (Wildman–Crippen LogP) is 3.67. The quantitative estimate of drug-likeness (QED) is 0.692. The van der Waals surface area contributed by atoms with Crippen LogP contribution in [0.15, 0.2) is 54.7 Å². The van der Waals surface area contributed by atoms with E-state index < -0.39 is 5.97 Å². The Labute approximate surface area is 167 Å². The highest BCUT2D eigenvalue weighted by Gasteiger charge is 2.35.